The van der Waals surface area contributed by atoms with E-state index < -0.39 is 15.7 Å². The molecule has 1 aromatic heterocycles. The Morgan fingerprint density at radius 2 is 2.16 bits per heavy atom. The van der Waals surface area contributed by atoms with Crippen LogP contribution in [0.4, 0.5) is 4.39 Å². The number of rotatable bonds is 4. The van der Waals surface area contributed by atoms with Crippen LogP contribution >= 0.6 is 11.6 Å². The molecule has 0 amide bonds. The summed E-state index contributed by atoms with van der Waals surface area (Å²) < 4.78 is 36.8. The lowest BCUT2D eigenvalue weighted by Crippen LogP contribution is -2.11. The van der Waals surface area contributed by atoms with Crippen molar-refractivity contribution in [1.82, 2.24) is 14.8 Å². The van der Waals surface area contributed by atoms with E-state index in [1.165, 1.54) is 29.2 Å². The lowest BCUT2D eigenvalue weighted by Gasteiger charge is -2.06. The molecule has 0 aliphatic rings. The van der Waals surface area contributed by atoms with Crippen LogP contribution in [0.15, 0.2) is 24.5 Å². The van der Waals surface area contributed by atoms with Gasteiger partial charge in [-0.2, -0.15) is 5.10 Å². The highest BCUT2D eigenvalue weighted by molar-refractivity contribution is 7.90. The van der Waals surface area contributed by atoms with Gasteiger partial charge in [-0.1, -0.05) is 11.6 Å². The summed E-state index contributed by atoms with van der Waals surface area (Å²) in [6.07, 6.45) is 2.70. The average molecular weight is 304 g/mol. The molecule has 0 aliphatic heterocycles. The van der Waals surface area contributed by atoms with E-state index in [1.54, 1.807) is 0 Å². The molecule has 0 spiro atoms. The fraction of sp³-hybridized carbons (Fsp3) is 0.273. The number of halogens is 2. The van der Waals surface area contributed by atoms with Crippen molar-refractivity contribution in [3.05, 3.63) is 41.2 Å². The third-order valence-corrected chi connectivity index (χ3v) is 3.70. The number of hydrogen-bond donors (Lipinski definition) is 0. The molecule has 1 heterocycles. The number of hydrogen-bond acceptors (Lipinski definition) is 4. The van der Waals surface area contributed by atoms with Crippen molar-refractivity contribution in [2.75, 3.05) is 12.0 Å². The minimum Gasteiger partial charge on any atom is -0.229 e. The Balaban J connectivity index is 2.30. The van der Waals surface area contributed by atoms with Crippen LogP contribution in [0.3, 0.4) is 0 Å². The Labute approximate surface area is 115 Å². The van der Waals surface area contributed by atoms with E-state index in [0.29, 0.717) is 11.5 Å². The van der Waals surface area contributed by atoms with Gasteiger partial charge in [0.15, 0.2) is 0 Å². The first-order valence-corrected chi connectivity index (χ1v) is 7.83. The third-order valence-electron chi connectivity index (χ3n) is 2.46. The van der Waals surface area contributed by atoms with Gasteiger partial charge in [0, 0.05) is 12.7 Å². The van der Waals surface area contributed by atoms with Crippen LogP contribution in [0.5, 0.6) is 0 Å². The van der Waals surface area contributed by atoms with Crippen LogP contribution in [-0.4, -0.2) is 35.2 Å². The molecule has 0 bridgehead atoms. The minimum atomic E-state index is -3.08. The van der Waals surface area contributed by atoms with E-state index in [1.807, 2.05) is 0 Å². The molecule has 19 heavy (non-hydrogen) atoms. The number of benzene rings is 1. The van der Waals surface area contributed by atoms with Gasteiger partial charge in [-0.05, 0) is 18.2 Å². The quantitative estimate of drug-likeness (QED) is 0.861. The number of sulfone groups is 1. The van der Waals surface area contributed by atoms with Crippen molar-refractivity contribution >= 4 is 21.4 Å². The normalized spacial score (nSPS) is 11.7. The Morgan fingerprint density at radius 3 is 2.79 bits per heavy atom. The second-order valence-corrected chi connectivity index (χ2v) is 6.73. The molecule has 0 saturated carbocycles. The molecule has 2 aromatic rings. The molecule has 0 atom stereocenters. The van der Waals surface area contributed by atoms with Crippen molar-refractivity contribution in [1.29, 1.82) is 0 Å². The molecule has 8 heteroatoms. The van der Waals surface area contributed by atoms with Crippen molar-refractivity contribution in [3.8, 4) is 5.69 Å². The lowest BCUT2D eigenvalue weighted by atomic mass is 10.3. The van der Waals surface area contributed by atoms with Crippen molar-refractivity contribution < 1.29 is 12.8 Å². The van der Waals surface area contributed by atoms with E-state index in [-0.39, 0.29) is 17.2 Å². The van der Waals surface area contributed by atoms with Crippen LogP contribution in [0.25, 0.3) is 5.69 Å². The van der Waals surface area contributed by atoms with Gasteiger partial charge in [0.2, 0.25) is 0 Å². The smallest absolute Gasteiger partial charge is 0.147 e. The maximum atomic E-state index is 13.1. The predicted octanol–water partition coefficient (Wildman–Crippen LogP) is 1.65. The Morgan fingerprint density at radius 1 is 1.42 bits per heavy atom. The van der Waals surface area contributed by atoms with Crippen LogP contribution in [-0.2, 0) is 16.3 Å². The monoisotopic (exact) mass is 303 g/mol. The first kappa shape index (κ1) is 14.0. The van der Waals surface area contributed by atoms with E-state index in [2.05, 4.69) is 10.1 Å². The average Bonchev–Trinajstić information content (AvgIpc) is 2.77. The SMILES string of the molecule is CS(=O)(=O)CCc1ncnn1-c1ccc(F)c(Cl)c1. The molecular weight excluding hydrogens is 293 g/mol. The summed E-state index contributed by atoms with van der Waals surface area (Å²) in [5.41, 5.74) is 0.535. The van der Waals surface area contributed by atoms with Gasteiger partial charge in [0.1, 0.15) is 27.8 Å². The number of nitrogens with zero attached hydrogens (tertiary/aromatic N) is 3. The number of aromatic nitrogens is 3. The summed E-state index contributed by atoms with van der Waals surface area (Å²) in [5.74, 6) is -0.0722. The van der Waals surface area contributed by atoms with Crippen molar-refractivity contribution in [2.24, 2.45) is 0 Å². The Hall–Kier alpha value is -1.47. The molecule has 0 saturated heterocycles. The standard InChI is InChI=1S/C11H11ClFN3O2S/c1-19(17,18)5-4-11-14-7-15-16(11)8-2-3-10(13)9(12)6-8/h2-3,6-7H,4-5H2,1H3. The first-order valence-electron chi connectivity index (χ1n) is 5.39. The predicted molar refractivity (Wildman–Crippen MR) is 69.7 cm³/mol. The minimum absolute atomic E-state index is 0.0259. The van der Waals surface area contributed by atoms with E-state index in [4.69, 9.17) is 11.6 Å². The fourth-order valence-corrected chi connectivity index (χ4v) is 2.27. The molecule has 0 unspecified atom stereocenters. The van der Waals surface area contributed by atoms with E-state index >= 15 is 0 Å². The maximum absolute atomic E-state index is 13.1. The van der Waals surface area contributed by atoms with Crippen LogP contribution in [0, 0.1) is 5.82 Å². The molecule has 0 fully saturated rings. The fourth-order valence-electron chi connectivity index (χ4n) is 1.55. The van der Waals surface area contributed by atoms with Gasteiger partial charge in [-0.15, -0.1) is 0 Å². The highest BCUT2D eigenvalue weighted by atomic mass is 35.5. The second-order valence-electron chi connectivity index (χ2n) is 4.07. The highest BCUT2D eigenvalue weighted by Crippen LogP contribution is 2.19. The van der Waals surface area contributed by atoms with Gasteiger partial charge in [-0.3, -0.25) is 0 Å². The number of aryl methyl sites for hydroxylation is 1. The van der Waals surface area contributed by atoms with E-state index in [0.717, 1.165) is 6.26 Å². The summed E-state index contributed by atoms with van der Waals surface area (Å²) >= 11 is 5.70. The molecule has 2 rings (SSSR count). The van der Waals surface area contributed by atoms with Gasteiger partial charge in [0.05, 0.1) is 16.5 Å². The second kappa shape index (κ2) is 5.26. The molecular formula is C11H11ClFN3O2S. The molecule has 102 valence electrons. The van der Waals surface area contributed by atoms with Crippen LogP contribution in [0.1, 0.15) is 5.82 Å². The molecule has 0 aliphatic carbocycles. The summed E-state index contributed by atoms with van der Waals surface area (Å²) in [7, 11) is -3.08. The maximum Gasteiger partial charge on any atom is 0.147 e. The molecule has 5 nitrogen and oxygen atoms in total. The zero-order valence-corrected chi connectivity index (χ0v) is 11.6. The zero-order chi connectivity index (χ0) is 14.0. The summed E-state index contributed by atoms with van der Waals surface area (Å²) in [5, 5.41) is 3.96. The van der Waals surface area contributed by atoms with Gasteiger partial charge in [-0.25, -0.2) is 22.5 Å². The molecule has 0 radical (unpaired) electrons. The largest absolute Gasteiger partial charge is 0.229 e. The summed E-state index contributed by atoms with van der Waals surface area (Å²) in [6, 6.07) is 4.13. The Bertz CT molecular complexity index is 700. The van der Waals surface area contributed by atoms with E-state index in [9.17, 15) is 12.8 Å². The van der Waals surface area contributed by atoms with Crippen molar-refractivity contribution in [2.45, 2.75) is 6.42 Å². The Kier molecular flexibility index (Phi) is 3.86. The van der Waals surface area contributed by atoms with Gasteiger partial charge >= 0.3 is 0 Å². The summed E-state index contributed by atoms with van der Waals surface area (Å²) in [4.78, 5) is 4.00. The highest BCUT2D eigenvalue weighted by Gasteiger charge is 2.11. The molecule has 0 N–H and O–H groups in total. The zero-order valence-electron chi connectivity index (χ0n) is 10.0. The topological polar surface area (TPSA) is 64.8 Å². The van der Waals surface area contributed by atoms with Gasteiger partial charge in [0.25, 0.3) is 0 Å². The molecule has 1 aromatic carbocycles. The van der Waals surface area contributed by atoms with Gasteiger partial charge < -0.3 is 0 Å². The van der Waals surface area contributed by atoms with Crippen LogP contribution < -0.4 is 0 Å². The van der Waals surface area contributed by atoms with Crippen molar-refractivity contribution in [3.63, 3.8) is 0 Å². The first-order chi connectivity index (χ1) is 8.87. The van der Waals surface area contributed by atoms with Crippen LogP contribution in [0.2, 0.25) is 5.02 Å². The summed E-state index contributed by atoms with van der Waals surface area (Å²) in [6.45, 7) is 0. The third kappa shape index (κ3) is 3.51. The lowest BCUT2D eigenvalue weighted by molar-refractivity contribution is 0.599.